The SMILES string of the molecule is C=CCNC(=NC)NCCCCn1cnnc1.I. The molecule has 1 heterocycles. The number of hydrogen-bond acceptors (Lipinski definition) is 3. The minimum absolute atomic E-state index is 0. The van der Waals surface area contributed by atoms with E-state index in [2.05, 4.69) is 32.4 Å². The largest absolute Gasteiger partial charge is 0.356 e. The first-order valence-electron chi connectivity index (χ1n) is 5.74. The van der Waals surface area contributed by atoms with Gasteiger partial charge in [0, 0.05) is 26.7 Å². The van der Waals surface area contributed by atoms with Crippen molar-refractivity contribution in [3.8, 4) is 0 Å². The van der Waals surface area contributed by atoms with Gasteiger partial charge in [0.1, 0.15) is 12.7 Å². The first-order chi connectivity index (χ1) is 8.36. The van der Waals surface area contributed by atoms with Gasteiger partial charge in [-0.1, -0.05) is 6.08 Å². The van der Waals surface area contributed by atoms with Crippen molar-refractivity contribution in [3.05, 3.63) is 25.3 Å². The molecule has 1 aromatic rings. The van der Waals surface area contributed by atoms with Crippen LogP contribution in [-0.2, 0) is 6.54 Å². The van der Waals surface area contributed by atoms with Crippen molar-refractivity contribution in [1.82, 2.24) is 25.4 Å². The lowest BCUT2D eigenvalue weighted by atomic mass is 10.3. The fourth-order valence-corrected chi connectivity index (χ4v) is 1.35. The zero-order valence-corrected chi connectivity index (χ0v) is 13.0. The molecule has 18 heavy (non-hydrogen) atoms. The molecule has 102 valence electrons. The van der Waals surface area contributed by atoms with Gasteiger partial charge in [0.2, 0.25) is 0 Å². The molecule has 1 aromatic heterocycles. The van der Waals surface area contributed by atoms with E-state index in [1.807, 2.05) is 4.57 Å². The summed E-state index contributed by atoms with van der Waals surface area (Å²) in [4.78, 5) is 4.09. The van der Waals surface area contributed by atoms with E-state index in [1.165, 1.54) is 0 Å². The first kappa shape index (κ1) is 16.9. The van der Waals surface area contributed by atoms with Crippen LogP contribution >= 0.6 is 24.0 Å². The number of halogens is 1. The maximum absolute atomic E-state index is 4.09. The highest BCUT2D eigenvalue weighted by Gasteiger charge is 1.95. The number of guanidine groups is 1. The van der Waals surface area contributed by atoms with Crippen LogP contribution in [0.2, 0.25) is 0 Å². The molecule has 0 unspecified atom stereocenters. The molecule has 0 bridgehead atoms. The number of rotatable bonds is 7. The Bertz CT molecular complexity index is 335. The van der Waals surface area contributed by atoms with E-state index in [0.717, 1.165) is 38.4 Å². The van der Waals surface area contributed by atoms with Crippen molar-refractivity contribution in [3.63, 3.8) is 0 Å². The van der Waals surface area contributed by atoms with Crippen LogP contribution in [0.4, 0.5) is 0 Å². The van der Waals surface area contributed by atoms with Crippen molar-refractivity contribution < 1.29 is 0 Å². The molecule has 2 N–H and O–H groups in total. The normalized spacial score (nSPS) is 10.6. The number of unbranched alkanes of at least 4 members (excludes halogenated alkanes) is 1. The second kappa shape index (κ2) is 11.0. The standard InChI is InChI=1S/C11H20N6.HI/c1-3-6-13-11(12-2)14-7-4-5-8-17-9-15-16-10-17;/h3,9-10H,1,4-8H2,2H3,(H2,12,13,14);1H. The van der Waals surface area contributed by atoms with Gasteiger partial charge in [-0.05, 0) is 12.8 Å². The third-order valence-corrected chi connectivity index (χ3v) is 2.24. The summed E-state index contributed by atoms with van der Waals surface area (Å²) in [5.41, 5.74) is 0. The number of nitrogens with one attached hydrogen (secondary N) is 2. The monoisotopic (exact) mass is 364 g/mol. The van der Waals surface area contributed by atoms with E-state index in [-0.39, 0.29) is 24.0 Å². The Morgan fingerprint density at radius 3 is 2.67 bits per heavy atom. The zero-order valence-electron chi connectivity index (χ0n) is 10.7. The molecule has 0 saturated heterocycles. The third-order valence-electron chi connectivity index (χ3n) is 2.24. The van der Waals surface area contributed by atoms with Crippen molar-refractivity contribution >= 4 is 29.9 Å². The molecule has 0 amide bonds. The van der Waals surface area contributed by atoms with Gasteiger partial charge in [0.05, 0.1) is 0 Å². The molecule has 0 spiro atoms. The second-order valence-corrected chi connectivity index (χ2v) is 3.58. The lowest BCUT2D eigenvalue weighted by molar-refractivity contribution is 0.598. The maximum atomic E-state index is 4.09. The Balaban J connectivity index is 0.00000289. The molecule has 6 nitrogen and oxygen atoms in total. The van der Waals surface area contributed by atoms with E-state index in [4.69, 9.17) is 0 Å². The van der Waals surface area contributed by atoms with Gasteiger partial charge < -0.3 is 15.2 Å². The van der Waals surface area contributed by atoms with Gasteiger partial charge in [-0.2, -0.15) is 0 Å². The highest BCUT2D eigenvalue weighted by molar-refractivity contribution is 14.0. The number of aryl methyl sites for hydroxylation is 1. The van der Waals surface area contributed by atoms with Gasteiger partial charge in [0.25, 0.3) is 0 Å². The van der Waals surface area contributed by atoms with E-state index in [9.17, 15) is 0 Å². The summed E-state index contributed by atoms with van der Waals surface area (Å²) in [5.74, 6) is 0.814. The van der Waals surface area contributed by atoms with Crippen LogP contribution in [0.1, 0.15) is 12.8 Å². The molecule has 0 aliphatic rings. The number of aromatic nitrogens is 3. The predicted molar refractivity (Wildman–Crippen MR) is 84.2 cm³/mol. The second-order valence-electron chi connectivity index (χ2n) is 3.58. The average molecular weight is 364 g/mol. The van der Waals surface area contributed by atoms with Crippen LogP contribution in [0.3, 0.4) is 0 Å². The first-order valence-corrected chi connectivity index (χ1v) is 5.74. The molecular formula is C11H21IN6. The molecule has 0 saturated carbocycles. The van der Waals surface area contributed by atoms with E-state index < -0.39 is 0 Å². The van der Waals surface area contributed by atoms with E-state index in [0.29, 0.717) is 0 Å². The molecule has 0 aromatic carbocycles. The Hall–Kier alpha value is -1.12. The molecule has 1 rings (SSSR count). The van der Waals surface area contributed by atoms with E-state index in [1.54, 1.807) is 25.8 Å². The lowest BCUT2D eigenvalue weighted by Crippen LogP contribution is -2.37. The Morgan fingerprint density at radius 2 is 2.06 bits per heavy atom. The minimum Gasteiger partial charge on any atom is -0.356 e. The molecule has 7 heteroatoms. The van der Waals surface area contributed by atoms with Crippen LogP contribution < -0.4 is 10.6 Å². The highest BCUT2D eigenvalue weighted by Crippen LogP contribution is 1.92. The summed E-state index contributed by atoms with van der Waals surface area (Å²) >= 11 is 0. The number of aliphatic imine (C=N–C) groups is 1. The van der Waals surface area contributed by atoms with Crippen molar-refractivity contribution in [2.45, 2.75) is 19.4 Å². The molecule has 0 radical (unpaired) electrons. The summed E-state index contributed by atoms with van der Waals surface area (Å²) in [6, 6.07) is 0. The summed E-state index contributed by atoms with van der Waals surface area (Å²) < 4.78 is 1.98. The predicted octanol–water partition coefficient (Wildman–Crippen LogP) is 1.03. The van der Waals surface area contributed by atoms with Crippen molar-refractivity contribution in [2.24, 2.45) is 4.99 Å². The van der Waals surface area contributed by atoms with Gasteiger partial charge >= 0.3 is 0 Å². The third kappa shape index (κ3) is 7.25. The summed E-state index contributed by atoms with van der Waals surface area (Å²) in [6.45, 7) is 6.22. The molecular weight excluding hydrogens is 343 g/mol. The zero-order chi connectivity index (χ0) is 12.3. The summed E-state index contributed by atoms with van der Waals surface area (Å²) in [5, 5.41) is 13.9. The Morgan fingerprint density at radius 1 is 1.33 bits per heavy atom. The van der Waals surface area contributed by atoms with Crippen molar-refractivity contribution in [2.75, 3.05) is 20.1 Å². The number of nitrogens with zero attached hydrogens (tertiary/aromatic N) is 4. The fraction of sp³-hybridized carbons (Fsp3) is 0.545. The molecule has 0 atom stereocenters. The highest BCUT2D eigenvalue weighted by atomic mass is 127. The quantitative estimate of drug-likeness (QED) is 0.249. The maximum Gasteiger partial charge on any atom is 0.191 e. The minimum atomic E-state index is 0. The Labute approximate surface area is 125 Å². The average Bonchev–Trinajstić information content (AvgIpc) is 2.85. The van der Waals surface area contributed by atoms with Crippen molar-refractivity contribution in [1.29, 1.82) is 0 Å². The summed E-state index contributed by atoms with van der Waals surface area (Å²) in [6.07, 6.45) is 7.44. The topological polar surface area (TPSA) is 67.1 Å². The van der Waals surface area contributed by atoms with Gasteiger partial charge in [0.15, 0.2) is 5.96 Å². The molecule has 0 aliphatic carbocycles. The Kier molecular flexibility index (Phi) is 10.3. The molecule has 0 fully saturated rings. The van der Waals surface area contributed by atoms with Gasteiger partial charge in [-0.3, -0.25) is 4.99 Å². The van der Waals surface area contributed by atoms with Crippen LogP contribution in [0.25, 0.3) is 0 Å². The number of hydrogen-bond donors (Lipinski definition) is 2. The van der Waals surface area contributed by atoms with Gasteiger partial charge in [-0.25, -0.2) is 0 Å². The molecule has 0 aliphatic heterocycles. The van der Waals surface area contributed by atoms with E-state index >= 15 is 0 Å². The van der Waals surface area contributed by atoms with Gasteiger partial charge in [-0.15, -0.1) is 40.8 Å². The van der Waals surface area contributed by atoms with Crippen LogP contribution in [0.15, 0.2) is 30.3 Å². The lowest BCUT2D eigenvalue weighted by Gasteiger charge is -2.10. The van der Waals surface area contributed by atoms with Crippen LogP contribution in [0, 0.1) is 0 Å². The summed E-state index contributed by atoms with van der Waals surface area (Å²) in [7, 11) is 1.76. The van der Waals surface area contributed by atoms with Crippen LogP contribution in [-0.4, -0.2) is 40.9 Å². The van der Waals surface area contributed by atoms with Crippen LogP contribution in [0.5, 0.6) is 0 Å². The fourth-order valence-electron chi connectivity index (χ4n) is 1.35. The smallest absolute Gasteiger partial charge is 0.191 e.